The van der Waals surface area contributed by atoms with Crippen LogP contribution in [0.25, 0.3) is 0 Å². The second kappa shape index (κ2) is 5.89. The van der Waals surface area contributed by atoms with E-state index in [1.807, 2.05) is 0 Å². The molecule has 0 aromatic heterocycles. The zero-order valence-corrected chi connectivity index (χ0v) is 10.3. The van der Waals surface area contributed by atoms with E-state index < -0.39 is 0 Å². The summed E-state index contributed by atoms with van der Waals surface area (Å²) in [6.07, 6.45) is 14.9. The van der Waals surface area contributed by atoms with Crippen molar-refractivity contribution in [2.45, 2.75) is 70.3 Å². The molecule has 0 aromatic carbocycles. The summed E-state index contributed by atoms with van der Waals surface area (Å²) in [6, 6.07) is 0.834. The Kier molecular flexibility index (Phi) is 4.49. The van der Waals surface area contributed by atoms with E-state index in [0.29, 0.717) is 0 Å². The van der Waals surface area contributed by atoms with Gasteiger partial charge in [0.2, 0.25) is 0 Å². The first-order chi connectivity index (χ1) is 7.40. The van der Waals surface area contributed by atoms with Gasteiger partial charge in [0.05, 0.1) is 0 Å². The van der Waals surface area contributed by atoms with Crippen molar-refractivity contribution < 1.29 is 0 Å². The fourth-order valence-corrected chi connectivity index (χ4v) is 3.35. The molecule has 0 aliphatic heterocycles. The molecule has 2 fully saturated rings. The van der Waals surface area contributed by atoms with Crippen LogP contribution >= 0.6 is 0 Å². The molecule has 1 nitrogen and oxygen atoms in total. The number of nitrogens with one attached hydrogen (secondary N) is 1. The van der Waals surface area contributed by atoms with Crippen LogP contribution in [0.1, 0.15) is 64.2 Å². The summed E-state index contributed by atoms with van der Waals surface area (Å²) in [7, 11) is 2.16. The highest BCUT2D eigenvalue weighted by atomic mass is 14.9. The van der Waals surface area contributed by atoms with Crippen molar-refractivity contribution in [2.24, 2.45) is 11.8 Å². The molecule has 0 bridgehead atoms. The molecule has 88 valence electrons. The lowest BCUT2D eigenvalue weighted by Gasteiger charge is -2.34. The molecule has 0 aromatic rings. The smallest absolute Gasteiger partial charge is 0.00924 e. The quantitative estimate of drug-likeness (QED) is 0.727. The molecule has 15 heavy (non-hydrogen) atoms. The topological polar surface area (TPSA) is 12.0 Å². The van der Waals surface area contributed by atoms with E-state index in [4.69, 9.17) is 0 Å². The first-order valence-corrected chi connectivity index (χ1v) is 7.07. The van der Waals surface area contributed by atoms with Gasteiger partial charge < -0.3 is 5.32 Å². The number of hydrogen-bond acceptors (Lipinski definition) is 1. The Bertz CT molecular complexity index is 168. The summed E-state index contributed by atoms with van der Waals surface area (Å²) >= 11 is 0. The minimum Gasteiger partial charge on any atom is -0.317 e. The molecular weight excluding hydrogens is 182 g/mol. The zero-order valence-electron chi connectivity index (χ0n) is 10.3. The Labute approximate surface area is 95.0 Å². The lowest BCUT2D eigenvalue weighted by molar-refractivity contribution is 0.210. The van der Waals surface area contributed by atoms with Gasteiger partial charge in [-0.25, -0.2) is 0 Å². The fourth-order valence-electron chi connectivity index (χ4n) is 3.35. The molecule has 0 radical (unpaired) electrons. The van der Waals surface area contributed by atoms with E-state index in [0.717, 1.165) is 17.9 Å². The van der Waals surface area contributed by atoms with Gasteiger partial charge in [-0.15, -0.1) is 0 Å². The van der Waals surface area contributed by atoms with Crippen LogP contribution in [0.4, 0.5) is 0 Å². The molecule has 1 N–H and O–H groups in total. The van der Waals surface area contributed by atoms with Crippen LogP contribution in [0, 0.1) is 11.8 Å². The van der Waals surface area contributed by atoms with Crippen LogP contribution in [0.5, 0.6) is 0 Å². The Morgan fingerprint density at radius 3 is 2.27 bits per heavy atom. The summed E-state index contributed by atoms with van der Waals surface area (Å²) in [6.45, 7) is 0. The first-order valence-electron chi connectivity index (χ1n) is 7.07. The summed E-state index contributed by atoms with van der Waals surface area (Å²) < 4.78 is 0. The van der Waals surface area contributed by atoms with Crippen LogP contribution in [0.2, 0.25) is 0 Å². The summed E-state index contributed by atoms with van der Waals surface area (Å²) in [5.74, 6) is 2.08. The third-order valence-corrected chi connectivity index (χ3v) is 4.70. The standard InChI is InChI=1S/C14H27N/c1-15-14(13-8-5-9-13)11-10-12-6-3-2-4-7-12/h12-15H,2-11H2,1H3. The lowest BCUT2D eigenvalue weighted by Crippen LogP contribution is -2.37. The van der Waals surface area contributed by atoms with Crippen molar-refractivity contribution in [1.29, 1.82) is 0 Å². The maximum absolute atomic E-state index is 3.54. The highest BCUT2D eigenvalue weighted by Gasteiger charge is 2.26. The van der Waals surface area contributed by atoms with Crippen molar-refractivity contribution in [2.75, 3.05) is 7.05 Å². The molecule has 1 heteroatoms. The van der Waals surface area contributed by atoms with Crippen molar-refractivity contribution >= 4 is 0 Å². The van der Waals surface area contributed by atoms with E-state index in [9.17, 15) is 0 Å². The number of hydrogen-bond donors (Lipinski definition) is 1. The Hall–Kier alpha value is -0.0400. The van der Waals surface area contributed by atoms with Gasteiger partial charge in [0.1, 0.15) is 0 Å². The average molecular weight is 209 g/mol. The van der Waals surface area contributed by atoms with Crippen LogP contribution in [0.15, 0.2) is 0 Å². The molecule has 2 aliphatic rings. The van der Waals surface area contributed by atoms with Crippen molar-refractivity contribution in [3.63, 3.8) is 0 Å². The molecule has 0 amide bonds. The maximum Gasteiger partial charge on any atom is 0.00924 e. The van der Waals surface area contributed by atoms with Crippen LogP contribution in [-0.4, -0.2) is 13.1 Å². The predicted molar refractivity (Wildman–Crippen MR) is 66.0 cm³/mol. The van der Waals surface area contributed by atoms with Gasteiger partial charge in [-0.3, -0.25) is 0 Å². The van der Waals surface area contributed by atoms with Crippen molar-refractivity contribution in [3.05, 3.63) is 0 Å². The van der Waals surface area contributed by atoms with Crippen molar-refractivity contribution in [3.8, 4) is 0 Å². The minimum absolute atomic E-state index is 0.834. The maximum atomic E-state index is 3.54. The minimum atomic E-state index is 0.834. The Morgan fingerprint density at radius 2 is 1.73 bits per heavy atom. The second-order valence-corrected chi connectivity index (χ2v) is 5.67. The van der Waals surface area contributed by atoms with E-state index >= 15 is 0 Å². The van der Waals surface area contributed by atoms with Crippen LogP contribution < -0.4 is 5.32 Å². The summed E-state index contributed by atoms with van der Waals surface area (Å²) in [5, 5.41) is 3.54. The number of rotatable bonds is 5. The molecular formula is C14H27N. The monoisotopic (exact) mass is 209 g/mol. The zero-order chi connectivity index (χ0) is 10.5. The predicted octanol–water partition coefficient (Wildman–Crippen LogP) is 3.74. The molecule has 2 rings (SSSR count). The SMILES string of the molecule is CNC(CCC1CCCCC1)C1CCC1. The lowest BCUT2D eigenvalue weighted by atomic mass is 9.76. The summed E-state index contributed by atoms with van der Waals surface area (Å²) in [4.78, 5) is 0. The second-order valence-electron chi connectivity index (χ2n) is 5.67. The van der Waals surface area contributed by atoms with Gasteiger partial charge in [0.15, 0.2) is 0 Å². The first kappa shape index (κ1) is 11.4. The van der Waals surface area contributed by atoms with Gasteiger partial charge in [-0.2, -0.15) is 0 Å². The van der Waals surface area contributed by atoms with E-state index in [1.165, 1.54) is 64.2 Å². The van der Waals surface area contributed by atoms with Gasteiger partial charge in [-0.1, -0.05) is 38.5 Å². The average Bonchev–Trinajstić information content (AvgIpc) is 2.23. The van der Waals surface area contributed by atoms with Crippen LogP contribution in [-0.2, 0) is 0 Å². The third-order valence-electron chi connectivity index (χ3n) is 4.70. The highest BCUT2D eigenvalue weighted by molar-refractivity contribution is 4.82. The molecule has 2 saturated carbocycles. The Balaban J connectivity index is 1.65. The molecule has 0 saturated heterocycles. The van der Waals surface area contributed by atoms with Crippen LogP contribution in [0.3, 0.4) is 0 Å². The van der Waals surface area contributed by atoms with Gasteiger partial charge in [-0.05, 0) is 44.6 Å². The van der Waals surface area contributed by atoms with E-state index in [2.05, 4.69) is 12.4 Å². The summed E-state index contributed by atoms with van der Waals surface area (Å²) in [5.41, 5.74) is 0. The highest BCUT2D eigenvalue weighted by Crippen LogP contribution is 2.34. The van der Waals surface area contributed by atoms with E-state index in [-0.39, 0.29) is 0 Å². The molecule has 0 spiro atoms. The Morgan fingerprint density at radius 1 is 1.00 bits per heavy atom. The van der Waals surface area contributed by atoms with E-state index in [1.54, 1.807) is 0 Å². The molecule has 1 atom stereocenters. The van der Waals surface area contributed by atoms with Gasteiger partial charge in [0.25, 0.3) is 0 Å². The molecule has 2 aliphatic carbocycles. The molecule has 1 unspecified atom stereocenters. The largest absolute Gasteiger partial charge is 0.317 e. The van der Waals surface area contributed by atoms with Gasteiger partial charge in [0, 0.05) is 6.04 Å². The third kappa shape index (κ3) is 3.21. The fraction of sp³-hybridized carbons (Fsp3) is 1.00. The van der Waals surface area contributed by atoms with Crippen molar-refractivity contribution in [1.82, 2.24) is 5.32 Å². The van der Waals surface area contributed by atoms with Gasteiger partial charge >= 0.3 is 0 Å². The normalized spacial score (nSPS) is 26.2. The molecule has 0 heterocycles.